The van der Waals surface area contributed by atoms with Crippen LogP contribution in [0.2, 0.25) is 10.0 Å². The lowest BCUT2D eigenvalue weighted by atomic mass is 10.1. The van der Waals surface area contributed by atoms with Gasteiger partial charge in [-0.3, -0.25) is 9.59 Å². The van der Waals surface area contributed by atoms with E-state index >= 15 is 0 Å². The highest BCUT2D eigenvalue weighted by Gasteiger charge is 2.14. The highest BCUT2D eigenvalue weighted by atomic mass is 35.5. The first-order valence-corrected chi connectivity index (χ1v) is 9.47. The van der Waals surface area contributed by atoms with Crippen molar-refractivity contribution in [2.75, 3.05) is 5.32 Å². The van der Waals surface area contributed by atoms with Gasteiger partial charge >= 0.3 is 0 Å². The summed E-state index contributed by atoms with van der Waals surface area (Å²) in [6.45, 7) is 1.88. The first-order valence-electron chi connectivity index (χ1n) is 8.71. The third-order valence-corrected chi connectivity index (χ3v) is 5.42. The second-order valence-electron chi connectivity index (χ2n) is 6.55. The number of hydrogen-bond donors (Lipinski definition) is 1. The molecule has 0 atom stereocenters. The molecule has 0 aliphatic carbocycles. The molecule has 0 saturated carbocycles. The fourth-order valence-corrected chi connectivity index (χ4v) is 3.68. The SMILES string of the molecule is Cc1c(Cl)cccc1NC(=O)Cn1c2ccccc2c(=O)c2ccc(Cl)cc21. The number of para-hydroxylation sites is 1. The van der Waals surface area contributed by atoms with E-state index in [1.807, 2.05) is 29.7 Å². The van der Waals surface area contributed by atoms with Crippen LogP contribution in [-0.2, 0) is 11.3 Å². The first kappa shape index (κ1) is 18.5. The van der Waals surface area contributed by atoms with Gasteiger partial charge in [-0.15, -0.1) is 0 Å². The van der Waals surface area contributed by atoms with Gasteiger partial charge in [0.15, 0.2) is 5.43 Å². The minimum Gasteiger partial charge on any atom is -0.331 e. The number of carbonyl (C=O) groups excluding carboxylic acids is 1. The number of pyridine rings is 1. The maximum Gasteiger partial charge on any atom is 0.244 e. The zero-order chi connectivity index (χ0) is 19.8. The van der Waals surface area contributed by atoms with Crippen molar-refractivity contribution in [2.24, 2.45) is 0 Å². The molecule has 0 aliphatic rings. The van der Waals surface area contributed by atoms with Crippen molar-refractivity contribution in [3.8, 4) is 0 Å². The van der Waals surface area contributed by atoms with E-state index in [9.17, 15) is 9.59 Å². The van der Waals surface area contributed by atoms with E-state index < -0.39 is 0 Å². The summed E-state index contributed by atoms with van der Waals surface area (Å²) in [4.78, 5) is 25.7. The molecule has 0 bridgehead atoms. The number of halogens is 2. The summed E-state index contributed by atoms with van der Waals surface area (Å²) in [6.07, 6.45) is 0. The normalized spacial score (nSPS) is 11.1. The molecule has 4 rings (SSSR count). The molecule has 1 heterocycles. The smallest absolute Gasteiger partial charge is 0.244 e. The van der Waals surface area contributed by atoms with Crippen molar-refractivity contribution in [1.29, 1.82) is 0 Å². The Balaban J connectivity index is 1.84. The summed E-state index contributed by atoms with van der Waals surface area (Å²) in [6, 6.07) is 17.7. The predicted molar refractivity (Wildman–Crippen MR) is 116 cm³/mol. The van der Waals surface area contributed by atoms with Gasteiger partial charge in [-0.1, -0.05) is 41.4 Å². The molecule has 1 aromatic heterocycles. The van der Waals surface area contributed by atoms with Crippen LogP contribution in [0.4, 0.5) is 5.69 Å². The number of nitrogens with zero attached hydrogens (tertiary/aromatic N) is 1. The second kappa shape index (κ2) is 7.30. The highest BCUT2D eigenvalue weighted by Crippen LogP contribution is 2.25. The Bertz CT molecular complexity index is 1300. The molecular weight excluding hydrogens is 395 g/mol. The van der Waals surface area contributed by atoms with Gasteiger partial charge in [0.25, 0.3) is 0 Å². The van der Waals surface area contributed by atoms with Crippen LogP contribution in [0.15, 0.2) is 65.5 Å². The number of aromatic nitrogens is 1. The number of fused-ring (bicyclic) bond motifs is 2. The van der Waals surface area contributed by atoms with Crippen LogP contribution in [0.1, 0.15) is 5.56 Å². The van der Waals surface area contributed by atoms with E-state index in [0.717, 1.165) is 5.56 Å². The quantitative estimate of drug-likeness (QED) is 0.459. The maximum absolute atomic E-state index is 12.8. The van der Waals surface area contributed by atoms with Crippen molar-refractivity contribution in [3.05, 3.63) is 86.5 Å². The third-order valence-electron chi connectivity index (χ3n) is 4.78. The van der Waals surface area contributed by atoms with Gasteiger partial charge in [-0.2, -0.15) is 0 Å². The minimum absolute atomic E-state index is 0.0313. The average Bonchev–Trinajstić information content (AvgIpc) is 2.68. The van der Waals surface area contributed by atoms with Crippen LogP contribution in [0, 0.1) is 6.92 Å². The van der Waals surface area contributed by atoms with Crippen LogP contribution in [0.25, 0.3) is 21.8 Å². The summed E-state index contributed by atoms with van der Waals surface area (Å²) in [5.41, 5.74) is 2.68. The zero-order valence-electron chi connectivity index (χ0n) is 15.0. The lowest BCUT2D eigenvalue weighted by Gasteiger charge is -2.16. The minimum atomic E-state index is -0.222. The van der Waals surface area contributed by atoms with Gasteiger partial charge in [0.1, 0.15) is 6.54 Å². The molecule has 0 saturated heterocycles. The fraction of sp³-hybridized carbons (Fsp3) is 0.0909. The van der Waals surface area contributed by atoms with Gasteiger partial charge in [0.05, 0.1) is 11.0 Å². The first-order chi connectivity index (χ1) is 13.5. The summed E-state index contributed by atoms with van der Waals surface area (Å²) >= 11 is 12.3. The summed E-state index contributed by atoms with van der Waals surface area (Å²) in [5, 5.41) is 5.07. The molecular formula is C22H16Cl2N2O2. The molecule has 0 spiro atoms. The van der Waals surface area contributed by atoms with Crippen molar-refractivity contribution in [2.45, 2.75) is 13.5 Å². The molecule has 3 aromatic carbocycles. The number of anilines is 1. The number of amides is 1. The van der Waals surface area contributed by atoms with E-state index in [-0.39, 0.29) is 17.9 Å². The monoisotopic (exact) mass is 410 g/mol. The van der Waals surface area contributed by atoms with Crippen LogP contribution in [-0.4, -0.2) is 10.5 Å². The van der Waals surface area contributed by atoms with Gasteiger partial charge < -0.3 is 9.88 Å². The van der Waals surface area contributed by atoms with Crippen LogP contribution in [0.3, 0.4) is 0 Å². The number of carbonyl (C=O) groups is 1. The topological polar surface area (TPSA) is 51.1 Å². The molecule has 28 heavy (non-hydrogen) atoms. The lowest BCUT2D eigenvalue weighted by Crippen LogP contribution is -2.22. The van der Waals surface area contributed by atoms with Crippen molar-refractivity contribution >= 4 is 56.6 Å². The zero-order valence-corrected chi connectivity index (χ0v) is 16.5. The van der Waals surface area contributed by atoms with Gasteiger partial charge in [0.2, 0.25) is 5.91 Å². The van der Waals surface area contributed by atoms with Crippen LogP contribution in [0.5, 0.6) is 0 Å². The molecule has 0 fully saturated rings. The van der Waals surface area contributed by atoms with E-state index in [4.69, 9.17) is 23.2 Å². The standard InChI is InChI=1S/C22H16Cl2N2O2/c1-13-17(24)6-4-7-18(13)25-21(27)12-26-19-8-3-2-5-15(19)22(28)16-10-9-14(23)11-20(16)26/h2-11H,12H2,1H3,(H,25,27). The fourth-order valence-electron chi connectivity index (χ4n) is 3.34. The van der Waals surface area contributed by atoms with E-state index in [1.54, 1.807) is 42.5 Å². The van der Waals surface area contributed by atoms with Crippen LogP contribution >= 0.6 is 23.2 Å². The van der Waals surface area contributed by atoms with E-state index in [1.165, 1.54) is 0 Å². The Labute approximate surface area is 171 Å². The summed E-state index contributed by atoms with van der Waals surface area (Å²) < 4.78 is 1.81. The van der Waals surface area contributed by atoms with Gasteiger partial charge in [0, 0.05) is 26.5 Å². The molecule has 4 aromatic rings. The van der Waals surface area contributed by atoms with E-state index in [0.29, 0.717) is 37.5 Å². The van der Waals surface area contributed by atoms with Crippen molar-refractivity contribution < 1.29 is 4.79 Å². The van der Waals surface area contributed by atoms with E-state index in [2.05, 4.69) is 5.32 Å². The summed E-state index contributed by atoms with van der Waals surface area (Å²) in [7, 11) is 0. The molecule has 1 amide bonds. The van der Waals surface area contributed by atoms with Gasteiger partial charge in [-0.05, 0) is 55.0 Å². The van der Waals surface area contributed by atoms with Crippen molar-refractivity contribution in [1.82, 2.24) is 4.57 Å². The molecule has 0 radical (unpaired) electrons. The second-order valence-corrected chi connectivity index (χ2v) is 7.40. The number of hydrogen-bond acceptors (Lipinski definition) is 2. The Morgan fingerprint density at radius 1 is 0.964 bits per heavy atom. The molecule has 140 valence electrons. The lowest BCUT2D eigenvalue weighted by molar-refractivity contribution is -0.116. The highest BCUT2D eigenvalue weighted by molar-refractivity contribution is 6.32. The van der Waals surface area contributed by atoms with Crippen molar-refractivity contribution in [3.63, 3.8) is 0 Å². The third kappa shape index (κ3) is 3.26. The van der Waals surface area contributed by atoms with Gasteiger partial charge in [-0.25, -0.2) is 0 Å². The molecule has 1 N–H and O–H groups in total. The number of benzene rings is 3. The average molecular weight is 411 g/mol. The Morgan fingerprint density at radius 3 is 2.54 bits per heavy atom. The Hall–Kier alpha value is -2.82. The molecule has 6 heteroatoms. The Morgan fingerprint density at radius 2 is 1.71 bits per heavy atom. The molecule has 4 nitrogen and oxygen atoms in total. The molecule has 0 aliphatic heterocycles. The molecule has 0 unspecified atom stereocenters. The summed E-state index contributed by atoms with van der Waals surface area (Å²) in [5.74, 6) is -0.222. The largest absolute Gasteiger partial charge is 0.331 e. The predicted octanol–water partition coefficient (Wildman–Crippen LogP) is 5.41. The number of nitrogens with one attached hydrogen (secondary N) is 1. The van der Waals surface area contributed by atoms with Crippen LogP contribution < -0.4 is 10.7 Å². The maximum atomic E-state index is 12.8. The Kier molecular flexibility index (Phi) is 4.84. The number of rotatable bonds is 3.